The molecule has 0 heteroatoms. The predicted molar refractivity (Wildman–Crippen MR) is 42.0 cm³/mol. The lowest BCUT2D eigenvalue weighted by Crippen LogP contribution is -1.71. The second kappa shape index (κ2) is 5.18. The van der Waals surface area contributed by atoms with Crippen molar-refractivity contribution in [2.75, 3.05) is 0 Å². The first-order valence-electron chi connectivity index (χ1n) is 3.09. The molecular formula is C9H12. The monoisotopic (exact) mass is 120 g/mol. The van der Waals surface area contributed by atoms with Gasteiger partial charge in [0.05, 0.1) is 0 Å². The highest BCUT2D eigenvalue weighted by molar-refractivity contribution is 5.30. The summed E-state index contributed by atoms with van der Waals surface area (Å²) in [4.78, 5) is 0. The molecule has 0 spiro atoms. The molecule has 0 aliphatic heterocycles. The van der Waals surface area contributed by atoms with E-state index >= 15 is 0 Å². The smallest absolute Gasteiger partial charge is 0.00172 e. The van der Waals surface area contributed by atoms with Gasteiger partial charge in [-0.25, -0.2) is 0 Å². The van der Waals surface area contributed by atoms with Crippen LogP contribution in [0, 0.1) is 11.8 Å². The molecule has 0 aliphatic rings. The van der Waals surface area contributed by atoms with Gasteiger partial charge in [0.25, 0.3) is 0 Å². The van der Waals surface area contributed by atoms with Crippen LogP contribution in [0.4, 0.5) is 0 Å². The van der Waals surface area contributed by atoms with Crippen molar-refractivity contribution < 1.29 is 0 Å². The summed E-state index contributed by atoms with van der Waals surface area (Å²) in [5, 5.41) is 0. The van der Waals surface area contributed by atoms with Crippen molar-refractivity contribution in [1.82, 2.24) is 0 Å². The maximum atomic E-state index is 3.59. The first-order valence-corrected chi connectivity index (χ1v) is 3.09. The number of rotatable bonds is 2. The van der Waals surface area contributed by atoms with Crippen LogP contribution in [0.5, 0.6) is 0 Å². The summed E-state index contributed by atoms with van der Waals surface area (Å²) in [6, 6.07) is 0. The molecule has 0 aromatic heterocycles. The first kappa shape index (κ1) is 8.04. The molecule has 0 unspecified atom stereocenters. The fraction of sp³-hybridized carbons (Fsp3) is 0.333. The fourth-order valence-electron chi connectivity index (χ4n) is 0.551. The van der Waals surface area contributed by atoms with Gasteiger partial charge in [-0.15, -0.1) is 5.92 Å². The van der Waals surface area contributed by atoms with Crippen molar-refractivity contribution in [3.63, 3.8) is 0 Å². The average Bonchev–Trinajstić information content (AvgIpc) is 1.88. The van der Waals surface area contributed by atoms with Gasteiger partial charge in [-0.3, -0.25) is 0 Å². The van der Waals surface area contributed by atoms with E-state index in [1.54, 1.807) is 6.08 Å². The second-order valence-corrected chi connectivity index (χ2v) is 1.66. The van der Waals surface area contributed by atoms with E-state index in [1.807, 2.05) is 13.0 Å². The van der Waals surface area contributed by atoms with E-state index in [0.29, 0.717) is 0 Å². The summed E-state index contributed by atoms with van der Waals surface area (Å²) in [7, 11) is 0. The van der Waals surface area contributed by atoms with E-state index in [4.69, 9.17) is 0 Å². The molecule has 0 fully saturated rings. The van der Waals surface area contributed by atoms with Gasteiger partial charge in [0, 0.05) is 5.57 Å². The Labute approximate surface area is 57.3 Å². The Kier molecular flexibility index (Phi) is 4.63. The molecule has 0 radical (unpaired) electrons. The van der Waals surface area contributed by atoms with Gasteiger partial charge in [-0.1, -0.05) is 31.6 Å². The molecule has 0 saturated heterocycles. The molecule has 0 aliphatic carbocycles. The third-order valence-corrected chi connectivity index (χ3v) is 0.985. The SMILES string of the molecule is C=CC=C(C#CC)CC. The van der Waals surface area contributed by atoms with Crippen LogP contribution in [-0.2, 0) is 0 Å². The van der Waals surface area contributed by atoms with Crippen molar-refractivity contribution in [2.24, 2.45) is 0 Å². The zero-order valence-corrected chi connectivity index (χ0v) is 6.07. The molecule has 0 amide bonds. The Bertz CT molecular complexity index is 162. The van der Waals surface area contributed by atoms with Crippen LogP contribution < -0.4 is 0 Å². The van der Waals surface area contributed by atoms with Crippen molar-refractivity contribution in [1.29, 1.82) is 0 Å². The van der Waals surface area contributed by atoms with Gasteiger partial charge in [0.1, 0.15) is 0 Å². The zero-order chi connectivity index (χ0) is 7.11. The second-order valence-electron chi connectivity index (χ2n) is 1.66. The van der Waals surface area contributed by atoms with E-state index in [1.165, 1.54) is 0 Å². The van der Waals surface area contributed by atoms with Gasteiger partial charge in [-0.2, -0.15) is 0 Å². The van der Waals surface area contributed by atoms with Crippen molar-refractivity contribution in [3.05, 3.63) is 24.3 Å². The number of allylic oxidation sites excluding steroid dienone is 3. The van der Waals surface area contributed by atoms with Gasteiger partial charge in [0.15, 0.2) is 0 Å². The van der Waals surface area contributed by atoms with Crippen LogP contribution in [-0.4, -0.2) is 0 Å². The summed E-state index contributed by atoms with van der Waals surface area (Å²) < 4.78 is 0. The molecule has 0 rings (SSSR count). The molecule has 9 heavy (non-hydrogen) atoms. The maximum absolute atomic E-state index is 3.59. The first-order chi connectivity index (χ1) is 4.35. The lowest BCUT2D eigenvalue weighted by molar-refractivity contribution is 1.17. The van der Waals surface area contributed by atoms with Crippen molar-refractivity contribution in [3.8, 4) is 11.8 Å². The standard InChI is InChI=1S/C9H12/c1-4-7-9(6-3)8-5-2/h4,7H,1,6H2,2-3H3. The predicted octanol–water partition coefficient (Wildman–Crippen LogP) is 2.53. The third-order valence-electron chi connectivity index (χ3n) is 0.985. The van der Waals surface area contributed by atoms with Gasteiger partial charge in [0.2, 0.25) is 0 Å². The van der Waals surface area contributed by atoms with Crippen LogP contribution in [0.3, 0.4) is 0 Å². The number of hydrogen-bond donors (Lipinski definition) is 0. The fourth-order valence-corrected chi connectivity index (χ4v) is 0.551. The van der Waals surface area contributed by atoms with Gasteiger partial charge < -0.3 is 0 Å². The minimum atomic E-state index is 0.993. The van der Waals surface area contributed by atoms with Gasteiger partial charge >= 0.3 is 0 Å². The minimum Gasteiger partial charge on any atom is -0.102 e. The molecule has 0 heterocycles. The number of hydrogen-bond acceptors (Lipinski definition) is 0. The summed E-state index contributed by atoms with van der Waals surface area (Å²) in [6.07, 6.45) is 4.70. The van der Waals surface area contributed by atoms with E-state index < -0.39 is 0 Å². The zero-order valence-electron chi connectivity index (χ0n) is 6.07. The Morgan fingerprint density at radius 3 is 2.67 bits per heavy atom. The lowest BCUT2D eigenvalue weighted by Gasteiger charge is -1.86. The van der Waals surface area contributed by atoms with Crippen molar-refractivity contribution >= 4 is 0 Å². The van der Waals surface area contributed by atoms with Crippen molar-refractivity contribution in [2.45, 2.75) is 20.3 Å². The van der Waals surface area contributed by atoms with E-state index in [0.717, 1.165) is 12.0 Å². The van der Waals surface area contributed by atoms with Crippen LogP contribution in [0.15, 0.2) is 24.3 Å². The van der Waals surface area contributed by atoms with E-state index in [9.17, 15) is 0 Å². The highest BCUT2D eigenvalue weighted by Gasteiger charge is 1.80. The Balaban J connectivity index is 4.08. The average molecular weight is 120 g/mol. The summed E-state index contributed by atoms with van der Waals surface area (Å²) >= 11 is 0. The lowest BCUT2D eigenvalue weighted by atomic mass is 10.2. The molecule has 0 N–H and O–H groups in total. The molecular weight excluding hydrogens is 108 g/mol. The quantitative estimate of drug-likeness (QED) is 0.388. The summed E-state index contributed by atoms with van der Waals surface area (Å²) in [5.74, 6) is 5.81. The third kappa shape index (κ3) is 3.61. The molecule has 0 bridgehead atoms. The molecule has 0 atom stereocenters. The Morgan fingerprint density at radius 2 is 2.33 bits per heavy atom. The van der Waals surface area contributed by atoms with Crippen LogP contribution in [0.2, 0.25) is 0 Å². The molecule has 0 aromatic rings. The maximum Gasteiger partial charge on any atom is 0.00172 e. The Hall–Kier alpha value is -0.960. The molecule has 0 saturated carbocycles. The minimum absolute atomic E-state index is 0.993. The molecule has 48 valence electrons. The topological polar surface area (TPSA) is 0 Å². The van der Waals surface area contributed by atoms with E-state index in [2.05, 4.69) is 25.3 Å². The summed E-state index contributed by atoms with van der Waals surface area (Å²) in [6.45, 7) is 7.51. The summed E-state index contributed by atoms with van der Waals surface area (Å²) in [5.41, 5.74) is 1.15. The Morgan fingerprint density at radius 1 is 1.67 bits per heavy atom. The highest BCUT2D eigenvalue weighted by atomic mass is 13.8. The molecule has 0 nitrogen and oxygen atoms in total. The van der Waals surface area contributed by atoms with Crippen LogP contribution >= 0.6 is 0 Å². The van der Waals surface area contributed by atoms with Gasteiger partial charge in [-0.05, 0) is 13.3 Å². The van der Waals surface area contributed by atoms with E-state index in [-0.39, 0.29) is 0 Å². The highest BCUT2D eigenvalue weighted by Crippen LogP contribution is 1.96. The van der Waals surface area contributed by atoms with Crippen LogP contribution in [0.25, 0.3) is 0 Å². The largest absolute Gasteiger partial charge is 0.102 e. The van der Waals surface area contributed by atoms with Crippen LogP contribution in [0.1, 0.15) is 20.3 Å². The normalized spacial score (nSPS) is 9.78. The molecule has 0 aromatic carbocycles.